The number of rotatable bonds is 9. The molecule has 1 unspecified atom stereocenters. The van der Waals surface area contributed by atoms with E-state index in [1.807, 2.05) is 11.6 Å². The van der Waals surface area contributed by atoms with Gasteiger partial charge in [0.25, 0.3) is 0 Å². The molecule has 0 radical (unpaired) electrons. The highest BCUT2D eigenvalue weighted by atomic mass is 32.2. The molecule has 1 aliphatic carbocycles. The van der Waals surface area contributed by atoms with Gasteiger partial charge in [-0.15, -0.1) is 0 Å². The molecule has 0 aromatic carbocycles. The van der Waals surface area contributed by atoms with Gasteiger partial charge in [0, 0.05) is 19.6 Å². The van der Waals surface area contributed by atoms with Crippen LogP contribution in [0.15, 0.2) is 11.4 Å². The maximum atomic E-state index is 13.3. The highest BCUT2D eigenvalue weighted by Crippen LogP contribution is 2.29. The lowest BCUT2D eigenvalue weighted by atomic mass is 10.0. The number of sulfone groups is 1. The van der Waals surface area contributed by atoms with Crippen molar-refractivity contribution in [3.05, 3.63) is 11.9 Å². The van der Waals surface area contributed by atoms with Crippen molar-refractivity contribution in [2.45, 2.75) is 81.5 Å². The molecule has 28 heavy (non-hydrogen) atoms. The molecule has 2 heterocycles. The molecule has 1 aromatic heterocycles. The van der Waals surface area contributed by atoms with E-state index in [0.717, 1.165) is 57.2 Å². The summed E-state index contributed by atoms with van der Waals surface area (Å²) in [5, 5.41) is -0.00380. The molecule has 1 saturated carbocycles. The van der Waals surface area contributed by atoms with E-state index in [2.05, 4.69) is 16.8 Å². The first-order chi connectivity index (χ1) is 13.5. The predicted octanol–water partition coefficient (Wildman–Crippen LogP) is 2.64. The molecule has 8 heteroatoms. The summed E-state index contributed by atoms with van der Waals surface area (Å²) in [7, 11) is -1.34. The Morgan fingerprint density at radius 1 is 1.25 bits per heavy atom. The first-order valence-corrected chi connectivity index (χ1v) is 12.2. The molecule has 2 fully saturated rings. The highest BCUT2D eigenvalue weighted by molar-refractivity contribution is 7.91. The number of aromatic nitrogens is 2. The Balaban J connectivity index is 1.75. The fourth-order valence-corrected chi connectivity index (χ4v) is 6.12. The van der Waals surface area contributed by atoms with Gasteiger partial charge in [-0.25, -0.2) is 13.4 Å². The molecule has 1 aliphatic heterocycles. The van der Waals surface area contributed by atoms with Gasteiger partial charge in [-0.3, -0.25) is 4.90 Å². The van der Waals surface area contributed by atoms with Crippen LogP contribution in [-0.2, 0) is 32.4 Å². The lowest BCUT2D eigenvalue weighted by molar-refractivity contribution is -0.0964. The van der Waals surface area contributed by atoms with E-state index in [1.54, 1.807) is 6.20 Å². The quantitative estimate of drug-likeness (QED) is 0.620. The van der Waals surface area contributed by atoms with E-state index in [9.17, 15) is 8.42 Å². The number of imidazole rings is 1. The fraction of sp³-hybridized carbons (Fsp3) is 0.850. The molecule has 0 N–H and O–H groups in total. The normalized spacial score (nSPS) is 22.0. The number of unbranched alkanes of at least 4 members (excludes halogenated alkanes) is 1. The number of nitrogens with zero attached hydrogens (tertiary/aromatic N) is 3. The van der Waals surface area contributed by atoms with Gasteiger partial charge in [0.15, 0.2) is 0 Å². The number of hydrogen-bond acceptors (Lipinski definition) is 6. The van der Waals surface area contributed by atoms with E-state index >= 15 is 0 Å². The zero-order valence-electron chi connectivity index (χ0n) is 17.3. The minimum atomic E-state index is -3.38. The zero-order chi connectivity index (χ0) is 20.0. The lowest BCUT2D eigenvalue weighted by Crippen LogP contribution is -2.38. The van der Waals surface area contributed by atoms with Gasteiger partial charge in [0.1, 0.15) is 0 Å². The minimum Gasteiger partial charge on any atom is -0.376 e. The van der Waals surface area contributed by atoms with E-state index in [0.29, 0.717) is 32.9 Å². The standard InChI is InChI=1S/C20H35N3O4S/c1-3-4-10-23-17(14-22(2)15-18-16-26-11-12-27-18)13-21-20(23)28(24,25)19-8-6-5-7-9-19/h13,18-19H,3-12,14-16H2,1-2H3. The number of likely N-dealkylation sites (N-methyl/N-ethyl adjacent to an activating group) is 1. The maximum absolute atomic E-state index is 13.3. The smallest absolute Gasteiger partial charge is 0.228 e. The molecule has 160 valence electrons. The average molecular weight is 414 g/mol. The van der Waals surface area contributed by atoms with Gasteiger partial charge in [-0.2, -0.15) is 0 Å². The Morgan fingerprint density at radius 2 is 2.04 bits per heavy atom. The Hall–Kier alpha value is -0.960. The van der Waals surface area contributed by atoms with Crippen LogP contribution in [0.5, 0.6) is 0 Å². The third-order valence-electron chi connectivity index (χ3n) is 5.71. The number of hydrogen-bond donors (Lipinski definition) is 0. The van der Waals surface area contributed by atoms with Crippen LogP contribution >= 0.6 is 0 Å². The van der Waals surface area contributed by atoms with Gasteiger partial charge >= 0.3 is 0 Å². The molecule has 7 nitrogen and oxygen atoms in total. The van der Waals surface area contributed by atoms with Crippen molar-refractivity contribution in [1.82, 2.24) is 14.5 Å². The Morgan fingerprint density at radius 3 is 2.71 bits per heavy atom. The van der Waals surface area contributed by atoms with Crippen LogP contribution in [0.25, 0.3) is 0 Å². The molecular weight excluding hydrogens is 378 g/mol. The third kappa shape index (κ3) is 5.34. The van der Waals surface area contributed by atoms with E-state index < -0.39 is 9.84 Å². The summed E-state index contributed by atoms with van der Waals surface area (Å²) in [5.41, 5.74) is 0.960. The van der Waals surface area contributed by atoms with Crippen molar-refractivity contribution in [2.75, 3.05) is 33.4 Å². The second kappa shape index (κ2) is 10.2. The lowest BCUT2D eigenvalue weighted by Gasteiger charge is -2.27. The van der Waals surface area contributed by atoms with E-state index in [-0.39, 0.29) is 16.5 Å². The molecular formula is C20H35N3O4S. The maximum Gasteiger partial charge on any atom is 0.228 e. The van der Waals surface area contributed by atoms with E-state index in [1.165, 1.54) is 0 Å². The summed E-state index contributed by atoms with van der Waals surface area (Å²) in [6.07, 6.45) is 8.44. The Labute approximate surface area is 169 Å². The first kappa shape index (κ1) is 21.7. The summed E-state index contributed by atoms with van der Waals surface area (Å²) in [6, 6.07) is 0. The topological polar surface area (TPSA) is 73.7 Å². The monoisotopic (exact) mass is 413 g/mol. The van der Waals surface area contributed by atoms with Crippen molar-refractivity contribution >= 4 is 9.84 Å². The molecule has 0 bridgehead atoms. The fourth-order valence-electron chi connectivity index (χ4n) is 4.16. The Bertz CT molecular complexity index is 707. The minimum absolute atomic E-state index is 0.0659. The SMILES string of the molecule is CCCCn1c(CN(C)CC2COCCO2)cnc1S(=O)(=O)C1CCCCC1. The summed E-state index contributed by atoms with van der Waals surface area (Å²) in [5.74, 6) is 0. The van der Waals surface area contributed by atoms with Crippen molar-refractivity contribution in [2.24, 2.45) is 0 Å². The molecule has 1 saturated heterocycles. The second-order valence-corrected chi connectivity index (χ2v) is 10.2. The molecule has 2 aliphatic rings. The summed E-state index contributed by atoms with van der Waals surface area (Å²) in [4.78, 5) is 6.57. The van der Waals surface area contributed by atoms with Crippen LogP contribution in [0.3, 0.4) is 0 Å². The first-order valence-electron chi connectivity index (χ1n) is 10.7. The molecule has 1 aromatic rings. The molecule has 3 rings (SSSR count). The summed E-state index contributed by atoms with van der Waals surface area (Å²) >= 11 is 0. The summed E-state index contributed by atoms with van der Waals surface area (Å²) in [6.45, 7) is 6.13. The average Bonchev–Trinajstić information content (AvgIpc) is 3.10. The van der Waals surface area contributed by atoms with Crippen LogP contribution < -0.4 is 0 Å². The van der Waals surface area contributed by atoms with Gasteiger partial charge in [0.2, 0.25) is 15.0 Å². The molecule has 0 spiro atoms. The van der Waals surface area contributed by atoms with Crippen LogP contribution in [0.2, 0.25) is 0 Å². The third-order valence-corrected chi connectivity index (χ3v) is 7.90. The predicted molar refractivity (Wildman–Crippen MR) is 108 cm³/mol. The van der Waals surface area contributed by atoms with Gasteiger partial charge < -0.3 is 14.0 Å². The van der Waals surface area contributed by atoms with Crippen LogP contribution in [0, 0.1) is 0 Å². The number of ether oxygens (including phenoxy) is 2. The highest BCUT2D eigenvalue weighted by Gasteiger charge is 2.33. The largest absolute Gasteiger partial charge is 0.376 e. The van der Waals surface area contributed by atoms with Crippen LogP contribution in [-0.4, -0.2) is 67.6 Å². The van der Waals surface area contributed by atoms with Gasteiger partial charge in [-0.05, 0) is 26.3 Å². The Kier molecular flexibility index (Phi) is 7.91. The van der Waals surface area contributed by atoms with Crippen LogP contribution in [0.4, 0.5) is 0 Å². The van der Waals surface area contributed by atoms with Crippen molar-refractivity contribution in [3.8, 4) is 0 Å². The summed E-state index contributed by atoms with van der Waals surface area (Å²) < 4.78 is 39.7. The van der Waals surface area contributed by atoms with Crippen molar-refractivity contribution in [3.63, 3.8) is 0 Å². The van der Waals surface area contributed by atoms with Gasteiger partial charge in [-0.1, -0.05) is 32.6 Å². The van der Waals surface area contributed by atoms with E-state index in [4.69, 9.17) is 9.47 Å². The van der Waals surface area contributed by atoms with Crippen molar-refractivity contribution < 1.29 is 17.9 Å². The van der Waals surface area contributed by atoms with Crippen LogP contribution in [0.1, 0.15) is 57.6 Å². The zero-order valence-corrected chi connectivity index (χ0v) is 18.1. The van der Waals surface area contributed by atoms with Crippen molar-refractivity contribution in [1.29, 1.82) is 0 Å². The molecule has 0 amide bonds. The van der Waals surface area contributed by atoms with Gasteiger partial charge in [0.05, 0.1) is 43.1 Å². The second-order valence-electron chi connectivity index (χ2n) is 8.11. The molecule has 1 atom stereocenters.